The smallest absolute Gasteiger partial charge is 0.282 e. The minimum absolute atomic E-state index is 0.289. The number of benzene rings is 3. The van der Waals surface area contributed by atoms with E-state index < -0.39 is 5.56 Å². The summed E-state index contributed by atoms with van der Waals surface area (Å²) in [5, 5.41) is 8.88. The Morgan fingerprint density at radius 3 is 2.33 bits per heavy atom. The number of nitrogens with zero attached hydrogens (tertiary/aromatic N) is 6. The van der Waals surface area contributed by atoms with Gasteiger partial charge in [-0.15, -0.1) is 0 Å². The van der Waals surface area contributed by atoms with Gasteiger partial charge in [0.2, 0.25) is 5.95 Å². The molecule has 0 atom stereocenters. The van der Waals surface area contributed by atoms with Gasteiger partial charge in [0.1, 0.15) is 16.9 Å². The fourth-order valence-corrected chi connectivity index (χ4v) is 5.67. The Morgan fingerprint density at radius 2 is 1.62 bits per heavy atom. The van der Waals surface area contributed by atoms with Gasteiger partial charge in [0.25, 0.3) is 5.56 Å². The first kappa shape index (κ1) is 26.7. The number of fused-ring (bicyclic) bond motifs is 1. The van der Waals surface area contributed by atoms with Crippen molar-refractivity contribution >= 4 is 67.4 Å². The zero-order chi connectivity index (χ0) is 27.8. The molecule has 3 heterocycles. The molecule has 40 heavy (non-hydrogen) atoms. The van der Waals surface area contributed by atoms with E-state index in [-0.39, 0.29) is 5.39 Å². The number of likely N-dealkylation sites (N-methyl/N-ethyl adjacent to an activating group) is 1. The summed E-state index contributed by atoms with van der Waals surface area (Å²) in [7, 11) is 2.15. The lowest BCUT2D eigenvalue weighted by molar-refractivity contribution is 0.313. The van der Waals surface area contributed by atoms with Gasteiger partial charge in [0.15, 0.2) is 0 Å². The number of halogens is 3. The molecule has 202 valence electrons. The summed E-state index contributed by atoms with van der Waals surface area (Å²) >= 11 is 16.4. The fourth-order valence-electron chi connectivity index (χ4n) is 4.71. The summed E-state index contributed by atoms with van der Waals surface area (Å²) in [4.78, 5) is 27.5. The quantitative estimate of drug-likeness (QED) is 0.239. The summed E-state index contributed by atoms with van der Waals surface area (Å²) < 4.78 is 2.08. The molecule has 1 aliphatic heterocycles. The summed E-state index contributed by atoms with van der Waals surface area (Å²) in [5.74, 6) is 0.353. The highest BCUT2D eigenvalue weighted by molar-refractivity contribution is 9.10. The minimum Gasteiger partial charge on any atom is -0.369 e. The number of para-hydroxylation sites is 1. The molecule has 3 aromatic carbocycles. The first-order chi connectivity index (χ1) is 19.4. The van der Waals surface area contributed by atoms with Crippen molar-refractivity contribution in [2.24, 2.45) is 0 Å². The van der Waals surface area contributed by atoms with E-state index >= 15 is 0 Å². The molecule has 0 spiro atoms. The van der Waals surface area contributed by atoms with E-state index in [4.69, 9.17) is 33.3 Å². The van der Waals surface area contributed by atoms with Crippen molar-refractivity contribution in [2.45, 2.75) is 0 Å². The Bertz CT molecular complexity index is 1750. The zero-order valence-corrected chi connectivity index (χ0v) is 24.6. The molecule has 0 amide bonds. The molecule has 0 aliphatic carbocycles. The van der Waals surface area contributed by atoms with Crippen LogP contribution in [-0.4, -0.2) is 57.9 Å². The van der Waals surface area contributed by atoms with Gasteiger partial charge in [-0.1, -0.05) is 57.3 Å². The van der Waals surface area contributed by atoms with E-state index in [0.29, 0.717) is 32.9 Å². The lowest BCUT2D eigenvalue weighted by Crippen LogP contribution is -2.44. The number of hydrogen-bond acceptors (Lipinski definition) is 7. The highest BCUT2D eigenvalue weighted by Gasteiger charge is 2.20. The Hall–Kier alpha value is -3.50. The van der Waals surface area contributed by atoms with Gasteiger partial charge in [0.05, 0.1) is 15.4 Å². The van der Waals surface area contributed by atoms with E-state index in [1.807, 2.05) is 36.4 Å². The van der Waals surface area contributed by atoms with Crippen LogP contribution in [0.4, 0.5) is 17.3 Å². The van der Waals surface area contributed by atoms with Gasteiger partial charge in [-0.2, -0.15) is 9.78 Å². The first-order valence-electron chi connectivity index (χ1n) is 12.7. The SMILES string of the molecule is CN1CCN(c2ccc(Nc3ncc4c(=O)n(-c5c(Cl)cccc5Cl)nc(-c5cccc(Br)c5)c4n3)cc2)CC1. The maximum atomic E-state index is 13.6. The van der Waals surface area contributed by atoms with Crippen molar-refractivity contribution in [1.82, 2.24) is 24.6 Å². The lowest BCUT2D eigenvalue weighted by atomic mass is 10.1. The van der Waals surface area contributed by atoms with E-state index in [1.54, 1.807) is 18.2 Å². The summed E-state index contributed by atoms with van der Waals surface area (Å²) in [6.45, 7) is 4.09. The molecule has 0 saturated carbocycles. The molecule has 1 fully saturated rings. The molecule has 8 nitrogen and oxygen atoms in total. The van der Waals surface area contributed by atoms with Crippen LogP contribution in [0.25, 0.3) is 27.8 Å². The predicted octanol–water partition coefficient (Wildman–Crippen LogP) is 6.41. The third kappa shape index (κ3) is 5.30. The molecular formula is C29H24BrCl2N7O. The van der Waals surface area contributed by atoms with Crippen LogP contribution in [0.2, 0.25) is 10.0 Å². The van der Waals surface area contributed by atoms with Crippen LogP contribution < -0.4 is 15.8 Å². The minimum atomic E-state index is -0.424. The Balaban J connectivity index is 1.41. The van der Waals surface area contributed by atoms with Crippen LogP contribution in [0, 0.1) is 0 Å². The molecule has 1 N–H and O–H groups in total. The van der Waals surface area contributed by atoms with E-state index in [2.05, 4.69) is 55.2 Å². The van der Waals surface area contributed by atoms with Crippen molar-refractivity contribution in [3.05, 3.63) is 97.8 Å². The monoisotopic (exact) mass is 635 g/mol. The topological polar surface area (TPSA) is 79.2 Å². The average molecular weight is 637 g/mol. The van der Waals surface area contributed by atoms with Gasteiger partial charge in [-0.05, 0) is 55.6 Å². The van der Waals surface area contributed by atoms with Crippen molar-refractivity contribution in [3.8, 4) is 16.9 Å². The van der Waals surface area contributed by atoms with Gasteiger partial charge in [-0.3, -0.25) is 4.79 Å². The van der Waals surface area contributed by atoms with E-state index in [1.165, 1.54) is 16.6 Å². The van der Waals surface area contributed by atoms with Gasteiger partial charge in [0, 0.05) is 53.8 Å². The highest BCUT2D eigenvalue weighted by Crippen LogP contribution is 2.31. The molecule has 0 unspecified atom stereocenters. The van der Waals surface area contributed by atoms with Gasteiger partial charge >= 0.3 is 0 Å². The fraction of sp³-hybridized carbons (Fsp3) is 0.172. The van der Waals surface area contributed by atoms with Gasteiger partial charge in [-0.25, -0.2) is 9.97 Å². The maximum absolute atomic E-state index is 13.6. The number of nitrogens with one attached hydrogen (secondary N) is 1. The number of piperazine rings is 1. The molecule has 0 radical (unpaired) electrons. The van der Waals surface area contributed by atoms with Crippen LogP contribution in [0.15, 0.2) is 82.2 Å². The van der Waals surface area contributed by atoms with Crippen LogP contribution in [0.5, 0.6) is 0 Å². The van der Waals surface area contributed by atoms with E-state index in [9.17, 15) is 4.79 Å². The molecule has 6 rings (SSSR count). The molecule has 1 saturated heterocycles. The van der Waals surface area contributed by atoms with Crippen molar-refractivity contribution in [3.63, 3.8) is 0 Å². The second-order valence-electron chi connectivity index (χ2n) is 9.56. The van der Waals surface area contributed by atoms with Crippen LogP contribution in [0.3, 0.4) is 0 Å². The number of hydrogen-bond donors (Lipinski definition) is 1. The van der Waals surface area contributed by atoms with Crippen LogP contribution in [-0.2, 0) is 0 Å². The maximum Gasteiger partial charge on any atom is 0.282 e. The van der Waals surface area contributed by atoms with Crippen LogP contribution >= 0.6 is 39.1 Å². The molecule has 2 aromatic heterocycles. The number of anilines is 3. The largest absolute Gasteiger partial charge is 0.369 e. The third-order valence-electron chi connectivity index (χ3n) is 6.88. The Labute approximate surface area is 249 Å². The molecule has 1 aliphatic rings. The number of rotatable bonds is 5. The standard InChI is InChI=1S/C29H24BrCl2N7O/c1-37-12-14-38(15-13-37)21-10-8-20(9-11-21)34-29-33-17-22-26(35-29)25(18-4-2-5-19(30)16-18)36-39(28(22)40)27-23(31)6-3-7-24(27)32/h2-11,16-17H,12-15H2,1H3,(H,33,34,35). The van der Waals surface area contributed by atoms with Crippen molar-refractivity contribution < 1.29 is 0 Å². The summed E-state index contributed by atoms with van der Waals surface area (Å²) in [6.07, 6.45) is 1.51. The second kappa shape index (κ2) is 11.2. The molecule has 0 bridgehead atoms. The normalized spacial score (nSPS) is 14.1. The Morgan fingerprint density at radius 1 is 0.925 bits per heavy atom. The first-order valence-corrected chi connectivity index (χ1v) is 14.2. The summed E-state index contributed by atoms with van der Waals surface area (Å²) in [6, 6.07) is 20.9. The Kier molecular flexibility index (Phi) is 7.46. The van der Waals surface area contributed by atoms with E-state index in [0.717, 1.165) is 41.9 Å². The molecular weight excluding hydrogens is 613 g/mol. The van der Waals surface area contributed by atoms with Crippen molar-refractivity contribution in [2.75, 3.05) is 43.4 Å². The molecule has 5 aromatic rings. The zero-order valence-electron chi connectivity index (χ0n) is 21.5. The highest BCUT2D eigenvalue weighted by atomic mass is 79.9. The lowest BCUT2D eigenvalue weighted by Gasteiger charge is -2.34. The third-order valence-corrected chi connectivity index (χ3v) is 7.98. The van der Waals surface area contributed by atoms with Crippen LogP contribution in [0.1, 0.15) is 0 Å². The number of aromatic nitrogens is 4. The average Bonchev–Trinajstić information content (AvgIpc) is 2.95. The predicted molar refractivity (Wildman–Crippen MR) is 166 cm³/mol. The molecule has 11 heteroatoms. The van der Waals surface area contributed by atoms with Gasteiger partial charge < -0.3 is 15.1 Å². The van der Waals surface area contributed by atoms with Crippen molar-refractivity contribution in [1.29, 1.82) is 0 Å². The summed E-state index contributed by atoms with van der Waals surface area (Å²) in [5.41, 5.74) is 3.56. The second-order valence-corrected chi connectivity index (χ2v) is 11.3.